The lowest BCUT2D eigenvalue weighted by molar-refractivity contribution is 0.276. The Morgan fingerprint density at radius 3 is 2.23 bits per heavy atom. The Morgan fingerprint density at radius 2 is 1.68 bits per heavy atom. The number of ether oxygens (including phenoxy) is 1. The molecule has 2 rings (SSSR count). The molecule has 22 heavy (non-hydrogen) atoms. The van der Waals surface area contributed by atoms with E-state index in [-0.39, 0.29) is 25.1 Å². The standard InChI is InChI=1S/C16H17Cl2NO2.ClH/c17-13-8-12(15(19)6-7-20)9-14(18)16(13)21-10-11-4-2-1-3-5-11;/h1-5,8-9,15,20H,6-7,10,19H2;1H. The van der Waals surface area contributed by atoms with Crippen molar-refractivity contribution in [3.63, 3.8) is 0 Å². The quantitative estimate of drug-likeness (QED) is 0.802. The van der Waals surface area contributed by atoms with Gasteiger partial charge in [0.05, 0.1) is 10.0 Å². The lowest BCUT2D eigenvalue weighted by Crippen LogP contribution is -2.12. The van der Waals surface area contributed by atoms with E-state index in [1.165, 1.54) is 0 Å². The summed E-state index contributed by atoms with van der Waals surface area (Å²) in [6.07, 6.45) is 0.455. The second-order valence-corrected chi connectivity index (χ2v) is 5.52. The van der Waals surface area contributed by atoms with Gasteiger partial charge in [0.1, 0.15) is 6.61 Å². The van der Waals surface area contributed by atoms with Gasteiger partial charge in [-0.3, -0.25) is 0 Å². The molecule has 0 saturated carbocycles. The molecule has 0 aliphatic heterocycles. The highest BCUT2D eigenvalue weighted by Gasteiger charge is 2.13. The zero-order valence-electron chi connectivity index (χ0n) is 11.8. The summed E-state index contributed by atoms with van der Waals surface area (Å²) < 4.78 is 5.69. The molecule has 0 fully saturated rings. The fourth-order valence-corrected chi connectivity index (χ4v) is 2.58. The van der Waals surface area contributed by atoms with Gasteiger partial charge in [0, 0.05) is 12.6 Å². The van der Waals surface area contributed by atoms with Gasteiger partial charge in [0.15, 0.2) is 5.75 Å². The van der Waals surface area contributed by atoms with Crippen LogP contribution in [0.2, 0.25) is 10.0 Å². The molecule has 0 spiro atoms. The maximum absolute atomic E-state index is 8.93. The van der Waals surface area contributed by atoms with E-state index in [0.29, 0.717) is 28.8 Å². The van der Waals surface area contributed by atoms with Gasteiger partial charge in [0.25, 0.3) is 0 Å². The van der Waals surface area contributed by atoms with Gasteiger partial charge >= 0.3 is 0 Å². The van der Waals surface area contributed by atoms with Gasteiger partial charge in [-0.2, -0.15) is 0 Å². The number of nitrogens with two attached hydrogens (primary N) is 1. The van der Waals surface area contributed by atoms with E-state index < -0.39 is 0 Å². The van der Waals surface area contributed by atoms with E-state index >= 15 is 0 Å². The van der Waals surface area contributed by atoms with Crippen molar-refractivity contribution in [3.05, 3.63) is 63.6 Å². The van der Waals surface area contributed by atoms with E-state index in [0.717, 1.165) is 11.1 Å². The van der Waals surface area contributed by atoms with Crippen LogP contribution in [0, 0.1) is 0 Å². The van der Waals surface area contributed by atoms with Gasteiger partial charge in [-0.25, -0.2) is 0 Å². The first-order valence-electron chi connectivity index (χ1n) is 6.64. The van der Waals surface area contributed by atoms with E-state index in [4.69, 9.17) is 38.8 Å². The minimum absolute atomic E-state index is 0. The summed E-state index contributed by atoms with van der Waals surface area (Å²) in [5.74, 6) is 0.446. The highest BCUT2D eigenvalue weighted by atomic mass is 35.5. The molecule has 2 aromatic carbocycles. The third kappa shape index (κ3) is 5.04. The number of rotatable bonds is 6. The lowest BCUT2D eigenvalue weighted by atomic mass is 10.1. The summed E-state index contributed by atoms with van der Waals surface area (Å²) in [5.41, 5.74) is 7.76. The van der Waals surface area contributed by atoms with Crippen LogP contribution < -0.4 is 10.5 Å². The maximum Gasteiger partial charge on any atom is 0.156 e. The monoisotopic (exact) mass is 361 g/mol. The van der Waals surface area contributed by atoms with Gasteiger partial charge < -0.3 is 15.6 Å². The Morgan fingerprint density at radius 1 is 1.09 bits per heavy atom. The Hall–Kier alpha value is -0.970. The molecule has 0 heterocycles. The summed E-state index contributed by atoms with van der Waals surface area (Å²) in [6.45, 7) is 0.408. The van der Waals surface area contributed by atoms with E-state index in [2.05, 4.69) is 0 Å². The zero-order chi connectivity index (χ0) is 15.2. The van der Waals surface area contributed by atoms with Crippen LogP contribution in [0.25, 0.3) is 0 Å². The predicted molar refractivity (Wildman–Crippen MR) is 93.1 cm³/mol. The molecule has 0 amide bonds. The smallest absolute Gasteiger partial charge is 0.156 e. The summed E-state index contributed by atoms with van der Waals surface area (Å²) >= 11 is 12.4. The van der Waals surface area contributed by atoms with Gasteiger partial charge in [-0.1, -0.05) is 53.5 Å². The van der Waals surface area contributed by atoms with Crippen molar-refractivity contribution in [1.82, 2.24) is 0 Å². The molecule has 0 aromatic heterocycles. The lowest BCUT2D eigenvalue weighted by Gasteiger charge is -2.15. The molecule has 1 unspecified atom stereocenters. The molecule has 6 heteroatoms. The number of benzene rings is 2. The highest BCUT2D eigenvalue weighted by molar-refractivity contribution is 6.37. The molecule has 1 atom stereocenters. The first kappa shape index (κ1) is 19.1. The van der Waals surface area contributed by atoms with Crippen molar-refractivity contribution in [3.8, 4) is 5.75 Å². The van der Waals surface area contributed by atoms with Crippen molar-refractivity contribution >= 4 is 35.6 Å². The van der Waals surface area contributed by atoms with Crippen molar-refractivity contribution in [1.29, 1.82) is 0 Å². The Labute approximate surface area is 146 Å². The third-order valence-electron chi connectivity index (χ3n) is 3.11. The Bertz CT molecular complexity index is 570. The van der Waals surface area contributed by atoms with Crippen molar-refractivity contribution in [2.45, 2.75) is 19.1 Å². The van der Waals surface area contributed by atoms with Gasteiger partial charge in [0.2, 0.25) is 0 Å². The van der Waals surface area contributed by atoms with Crippen LogP contribution in [0.4, 0.5) is 0 Å². The zero-order valence-corrected chi connectivity index (χ0v) is 14.2. The fraction of sp³-hybridized carbons (Fsp3) is 0.250. The van der Waals surface area contributed by atoms with Crippen LogP contribution in [-0.4, -0.2) is 11.7 Å². The topological polar surface area (TPSA) is 55.5 Å². The third-order valence-corrected chi connectivity index (χ3v) is 3.68. The summed E-state index contributed by atoms with van der Waals surface area (Å²) in [7, 11) is 0. The fourth-order valence-electron chi connectivity index (χ4n) is 1.97. The van der Waals surface area contributed by atoms with Gasteiger partial charge in [-0.15, -0.1) is 12.4 Å². The first-order valence-corrected chi connectivity index (χ1v) is 7.39. The Balaban J connectivity index is 0.00000242. The number of hydrogen-bond donors (Lipinski definition) is 2. The average molecular weight is 363 g/mol. The second-order valence-electron chi connectivity index (χ2n) is 4.71. The van der Waals surface area contributed by atoms with E-state index in [1.54, 1.807) is 12.1 Å². The Kier molecular flexibility index (Phi) is 8.01. The molecular formula is C16H18Cl3NO2. The molecule has 0 aliphatic carbocycles. The van der Waals surface area contributed by atoms with Crippen molar-refractivity contribution < 1.29 is 9.84 Å². The highest BCUT2D eigenvalue weighted by Crippen LogP contribution is 2.36. The van der Waals surface area contributed by atoms with Crippen LogP contribution in [-0.2, 0) is 6.61 Å². The normalized spacial score (nSPS) is 11.6. The molecule has 2 aromatic rings. The molecule has 0 saturated heterocycles. The number of halogens is 3. The molecule has 3 N–H and O–H groups in total. The van der Waals surface area contributed by atoms with E-state index in [1.807, 2.05) is 30.3 Å². The van der Waals surface area contributed by atoms with Crippen LogP contribution in [0.3, 0.4) is 0 Å². The maximum atomic E-state index is 8.93. The van der Waals surface area contributed by atoms with Crippen LogP contribution in [0.5, 0.6) is 5.75 Å². The van der Waals surface area contributed by atoms with Crippen LogP contribution in [0.15, 0.2) is 42.5 Å². The average Bonchev–Trinajstić information content (AvgIpc) is 2.47. The van der Waals surface area contributed by atoms with Crippen molar-refractivity contribution in [2.24, 2.45) is 5.73 Å². The molecular weight excluding hydrogens is 345 g/mol. The summed E-state index contributed by atoms with van der Waals surface area (Å²) in [6, 6.07) is 12.9. The molecule has 0 bridgehead atoms. The molecule has 0 aliphatic rings. The van der Waals surface area contributed by atoms with Crippen molar-refractivity contribution in [2.75, 3.05) is 6.61 Å². The van der Waals surface area contributed by atoms with Crippen LogP contribution in [0.1, 0.15) is 23.6 Å². The molecule has 0 radical (unpaired) electrons. The minimum Gasteiger partial charge on any atom is -0.486 e. The molecule has 120 valence electrons. The SMILES string of the molecule is Cl.NC(CCO)c1cc(Cl)c(OCc2ccccc2)c(Cl)c1. The number of aliphatic hydroxyl groups is 1. The van der Waals surface area contributed by atoms with Gasteiger partial charge in [-0.05, 0) is 29.7 Å². The minimum atomic E-state index is -0.298. The predicted octanol–water partition coefficient (Wildman–Crippen LogP) is 4.38. The summed E-state index contributed by atoms with van der Waals surface area (Å²) in [4.78, 5) is 0. The van der Waals surface area contributed by atoms with Crippen LogP contribution >= 0.6 is 35.6 Å². The number of aliphatic hydroxyl groups excluding tert-OH is 1. The second kappa shape index (κ2) is 9.23. The number of hydrogen-bond acceptors (Lipinski definition) is 3. The first-order chi connectivity index (χ1) is 10.1. The largest absolute Gasteiger partial charge is 0.486 e. The summed E-state index contributed by atoms with van der Waals surface area (Å²) in [5, 5.41) is 9.77. The molecule has 3 nitrogen and oxygen atoms in total. The van der Waals surface area contributed by atoms with E-state index in [9.17, 15) is 0 Å².